The van der Waals surface area contributed by atoms with Crippen molar-refractivity contribution in [2.24, 2.45) is 5.92 Å². The average molecular weight is 427 g/mol. The second-order valence-corrected chi connectivity index (χ2v) is 7.86. The third kappa shape index (κ3) is 4.69. The molecule has 1 N–H and O–H groups in total. The van der Waals surface area contributed by atoms with Gasteiger partial charge < -0.3 is 10.2 Å². The van der Waals surface area contributed by atoms with E-state index in [2.05, 4.69) is 20.4 Å². The van der Waals surface area contributed by atoms with Crippen LogP contribution in [0.2, 0.25) is 10.0 Å². The lowest BCUT2D eigenvalue weighted by molar-refractivity contribution is -0.120. The molecule has 4 rings (SSSR count). The van der Waals surface area contributed by atoms with Crippen molar-refractivity contribution < 1.29 is 4.79 Å². The number of rotatable bonds is 4. The van der Waals surface area contributed by atoms with E-state index in [1.807, 2.05) is 54.6 Å². The summed E-state index contributed by atoms with van der Waals surface area (Å²) in [6.45, 7) is 1.52. The minimum Gasteiger partial charge on any atom is -0.355 e. The van der Waals surface area contributed by atoms with Crippen LogP contribution in [-0.2, 0) is 4.79 Å². The Morgan fingerprint density at radius 3 is 2.31 bits per heavy atom. The van der Waals surface area contributed by atoms with Crippen LogP contribution in [0.5, 0.6) is 0 Å². The Balaban J connectivity index is 1.35. The number of piperidine rings is 1. The molecule has 0 radical (unpaired) electrons. The van der Waals surface area contributed by atoms with Crippen LogP contribution >= 0.6 is 23.2 Å². The Kier molecular flexibility index (Phi) is 5.97. The zero-order valence-corrected chi connectivity index (χ0v) is 17.2. The molecule has 1 aliphatic heterocycles. The summed E-state index contributed by atoms with van der Waals surface area (Å²) in [6, 6.07) is 18.7. The van der Waals surface area contributed by atoms with Gasteiger partial charge in [-0.15, -0.1) is 10.2 Å². The first-order valence-corrected chi connectivity index (χ1v) is 10.3. The van der Waals surface area contributed by atoms with Gasteiger partial charge in [-0.1, -0.05) is 47.5 Å². The third-order valence-electron chi connectivity index (χ3n) is 5.11. The Bertz CT molecular complexity index is 984. The number of hydrogen-bond donors (Lipinski definition) is 1. The maximum atomic E-state index is 12.6. The summed E-state index contributed by atoms with van der Waals surface area (Å²) in [6.07, 6.45) is 1.52. The van der Waals surface area contributed by atoms with Crippen LogP contribution in [0.1, 0.15) is 12.8 Å². The molecule has 2 heterocycles. The highest BCUT2D eigenvalue weighted by molar-refractivity contribution is 6.33. The van der Waals surface area contributed by atoms with Crippen LogP contribution in [0.3, 0.4) is 0 Å². The smallest absolute Gasteiger partial charge is 0.227 e. The van der Waals surface area contributed by atoms with Gasteiger partial charge in [0.05, 0.1) is 16.4 Å². The van der Waals surface area contributed by atoms with Crippen LogP contribution < -0.4 is 10.2 Å². The molecule has 0 spiro atoms. The van der Waals surface area contributed by atoms with Gasteiger partial charge in [0.2, 0.25) is 5.91 Å². The van der Waals surface area contributed by atoms with Crippen molar-refractivity contribution in [1.82, 2.24) is 10.2 Å². The average Bonchev–Trinajstić information content (AvgIpc) is 2.76. The summed E-state index contributed by atoms with van der Waals surface area (Å²) in [5.41, 5.74) is 2.44. The summed E-state index contributed by atoms with van der Waals surface area (Å²) < 4.78 is 0. The van der Waals surface area contributed by atoms with E-state index in [1.165, 1.54) is 0 Å². The van der Waals surface area contributed by atoms with E-state index < -0.39 is 0 Å². The van der Waals surface area contributed by atoms with Crippen molar-refractivity contribution in [3.05, 3.63) is 70.7 Å². The molecule has 5 nitrogen and oxygen atoms in total. The van der Waals surface area contributed by atoms with Crippen molar-refractivity contribution in [1.29, 1.82) is 0 Å². The molecule has 2 aromatic carbocycles. The number of carbonyl (C=O) groups is 1. The van der Waals surface area contributed by atoms with Gasteiger partial charge in [0, 0.05) is 29.6 Å². The second kappa shape index (κ2) is 8.80. The first-order chi connectivity index (χ1) is 14.1. The fourth-order valence-electron chi connectivity index (χ4n) is 3.44. The van der Waals surface area contributed by atoms with Crippen LogP contribution in [0.15, 0.2) is 60.7 Å². The predicted molar refractivity (Wildman–Crippen MR) is 117 cm³/mol. The van der Waals surface area contributed by atoms with Crippen molar-refractivity contribution in [3.63, 3.8) is 0 Å². The maximum Gasteiger partial charge on any atom is 0.227 e. The largest absolute Gasteiger partial charge is 0.355 e. The number of anilines is 2. The normalized spacial score (nSPS) is 14.6. The monoisotopic (exact) mass is 426 g/mol. The van der Waals surface area contributed by atoms with E-state index in [0.717, 1.165) is 43.0 Å². The summed E-state index contributed by atoms with van der Waals surface area (Å²) >= 11 is 12.1. The van der Waals surface area contributed by atoms with Gasteiger partial charge in [-0.2, -0.15) is 0 Å². The Labute approximate surface area is 179 Å². The Hall–Kier alpha value is -2.63. The summed E-state index contributed by atoms with van der Waals surface area (Å²) in [7, 11) is 0. The number of amides is 1. The molecule has 0 unspecified atom stereocenters. The number of nitrogens with zero attached hydrogens (tertiary/aromatic N) is 3. The van der Waals surface area contributed by atoms with Crippen LogP contribution in [0.25, 0.3) is 11.3 Å². The van der Waals surface area contributed by atoms with Gasteiger partial charge >= 0.3 is 0 Å². The summed E-state index contributed by atoms with van der Waals surface area (Å²) in [4.78, 5) is 14.7. The standard InChI is InChI=1S/C22H20Cl2N4O/c23-17-7-5-15(6-8-17)19-9-10-21(27-26-19)28-13-11-16(12-14-28)22(29)25-20-4-2-1-3-18(20)24/h1-10,16H,11-14H2,(H,25,29). The van der Waals surface area contributed by atoms with Gasteiger partial charge in [-0.05, 0) is 49.2 Å². The van der Waals surface area contributed by atoms with Gasteiger partial charge in [0.25, 0.3) is 0 Å². The highest BCUT2D eigenvalue weighted by Crippen LogP contribution is 2.26. The molecule has 0 atom stereocenters. The number of nitrogens with one attached hydrogen (secondary N) is 1. The van der Waals surface area contributed by atoms with Crippen LogP contribution in [-0.4, -0.2) is 29.2 Å². The molecular weight excluding hydrogens is 407 g/mol. The number of hydrogen-bond acceptors (Lipinski definition) is 4. The number of halogens is 2. The van der Waals surface area contributed by atoms with E-state index in [9.17, 15) is 4.79 Å². The van der Waals surface area contributed by atoms with Gasteiger partial charge in [0.1, 0.15) is 0 Å². The summed E-state index contributed by atoms with van der Waals surface area (Å²) in [5, 5.41) is 12.9. The molecule has 29 heavy (non-hydrogen) atoms. The van der Waals surface area contributed by atoms with Crippen LogP contribution in [0.4, 0.5) is 11.5 Å². The molecule has 7 heteroatoms. The number of para-hydroxylation sites is 1. The molecule has 1 aromatic heterocycles. The zero-order valence-electron chi connectivity index (χ0n) is 15.7. The molecule has 1 amide bonds. The summed E-state index contributed by atoms with van der Waals surface area (Å²) in [5.74, 6) is 0.804. The van der Waals surface area contributed by atoms with Crippen molar-refractivity contribution >= 4 is 40.6 Å². The van der Waals surface area contributed by atoms with Crippen molar-refractivity contribution in [2.75, 3.05) is 23.3 Å². The molecule has 1 fully saturated rings. The predicted octanol–water partition coefficient (Wildman–Crippen LogP) is 5.31. The fraction of sp³-hybridized carbons (Fsp3) is 0.227. The van der Waals surface area contributed by atoms with E-state index in [-0.39, 0.29) is 11.8 Å². The molecule has 1 aliphatic rings. The highest BCUT2D eigenvalue weighted by Gasteiger charge is 2.26. The first kappa shape index (κ1) is 19.7. The topological polar surface area (TPSA) is 58.1 Å². The minimum atomic E-state index is -0.0381. The van der Waals surface area contributed by atoms with E-state index in [4.69, 9.17) is 23.2 Å². The second-order valence-electron chi connectivity index (χ2n) is 7.01. The van der Waals surface area contributed by atoms with E-state index in [1.54, 1.807) is 6.07 Å². The maximum absolute atomic E-state index is 12.6. The number of aromatic nitrogens is 2. The Morgan fingerprint density at radius 1 is 0.931 bits per heavy atom. The molecule has 0 saturated carbocycles. The third-order valence-corrected chi connectivity index (χ3v) is 5.69. The lowest BCUT2D eigenvalue weighted by Crippen LogP contribution is -2.38. The molecule has 1 saturated heterocycles. The van der Waals surface area contributed by atoms with Gasteiger partial charge in [0.15, 0.2) is 5.82 Å². The molecule has 3 aromatic rings. The highest BCUT2D eigenvalue weighted by atomic mass is 35.5. The number of carbonyl (C=O) groups excluding carboxylic acids is 1. The van der Waals surface area contributed by atoms with Crippen LogP contribution in [0, 0.1) is 5.92 Å². The molecular formula is C22H20Cl2N4O. The lowest BCUT2D eigenvalue weighted by atomic mass is 9.96. The number of benzene rings is 2. The minimum absolute atomic E-state index is 0.0157. The molecule has 0 aliphatic carbocycles. The van der Waals surface area contributed by atoms with Gasteiger partial charge in [-0.3, -0.25) is 4.79 Å². The fourth-order valence-corrected chi connectivity index (χ4v) is 3.75. The molecule has 148 valence electrons. The van der Waals surface area contributed by atoms with Crippen molar-refractivity contribution in [2.45, 2.75) is 12.8 Å². The van der Waals surface area contributed by atoms with E-state index in [0.29, 0.717) is 15.7 Å². The zero-order chi connectivity index (χ0) is 20.2. The Morgan fingerprint density at radius 2 is 1.66 bits per heavy atom. The van der Waals surface area contributed by atoms with E-state index >= 15 is 0 Å². The van der Waals surface area contributed by atoms with Gasteiger partial charge in [-0.25, -0.2) is 0 Å². The molecule has 0 bridgehead atoms. The first-order valence-electron chi connectivity index (χ1n) is 9.50. The van der Waals surface area contributed by atoms with Crippen molar-refractivity contribution in [3.8, 4) is 11.3 Å². The lowest BCUT2D eigenvalue weighted by Gasteiger charge is -2.31. The SMILES string of the molecule is O=C(Nc1ccccc1Cl)C1CCN(c2ccc(-c3ccc(Cl)cc3)nn2)CC1. The quantitative estimate of drug-likeness (QED) is 0.614.